The monoisotopic (exact) mass is 221 g/mol. The molecule has 0 aromatic heterocycles. The quantitative estimate of drug-likeness (QED) is 0.835. The Hall–Kier alpha value is -1.06. The van der Waals surface area contributed by atoms with Crippen molar-refractivity contribution in [2.24, 2.45) is 0 Å². The van der Waals surface area contributed by atoms with Crippen LogP contribution in [0.2, 0.25) is 0 Å². The maximum absolute atomic E-state index is 8.90. The van der Waals surface area contributed by atoms with E-state index in [1.54, 1.807) is 0 Å². The van der Waals surface area contributed by atoms with Gasteiger partial charge in [0.15, 0.2) is 0 Å². The number of aliphatic hydroxyl groups is 1. The molecule has 1 aliphatic heterocycles. The first-order valence-electron chi connectivity index (χ1n) is 5.93. The van der Waals surface area contributed by atoms with Gasteiger partial charge in [-0.25, -0.2) is 0 Å². The molecule has 0 aliphatic carbocycles. The zero-order valence-corrected chi connectivity index (χ0v) is 9.56. The summed E-state index contributed by atoms with van der Waals surface area (Å²) in [6.45, 7) is 3.83. The Bertz CT molecular complexity index is 321. The SMILES string of the molecule is OCCCc1ccccc1N1CCOCC1. The highest BCUT2D eigenvalue weighted by Gasteiger charge is 2.13. The van der Waals surface area contributed by atoms with Crippen molar-refractivity contribution < 1.29 is 9.84 Å². The molecule has 0 saturated carbocycles. The number of anilines is 1. The highest BCUT2D eigenvalue weighted by Crippen LogP contribution is 2.22. The Morgan fingerprint density at radius 3 is 2.69 bits per heavy atom. The molecular formula is C13H19NO2. The molecule has 1 saturated heterocycles. The smallest absolute Gasteiger partial charge is 0.0642 e. The molecule has 0 atom stereocenters. The number of rotatable bonds is 4. The van der Waals surface area contributed by atoms with E-state index in [1.807, 2.05) is 0 Å². The van der Waals surface area contributed by atoms with Crippen molar-refractivity contribution in [1.82, 2.24) is 0 Å². The summed E-state index contributed by atoms with van der Waals surface area (Å²) in [5.74, 6) is 0. The van der Waals surface area contributed by atoms with Crippen LogP contribution in [-0.4, -0.2) is 38.0 Å². The molecular weight excluding hydrogens is 202 g/mol. The normalized spacial score (nSPS) is 16.4. The lowest BCUT2D eigenvalue weighted by Gasteiger charge is -2.30. The molecule has 1 aromatic rings. The molecule has 3 nitrogen and oxygen atoms in total. The largest absolute Gasteiger partial charge is 0.396 e. The van der Waals surface area contributed by atoms with E-state index < -0.39 is 0 Å². The van der Waals surface area contributed by atoms with E-state index >= 15 is 0 Å². The second kappa shape index (κ2) is 5.87. The highest BCUT2D eigenvalue weighted by atomic mass is 16.5. The summed E-state index contributed by atoms with van der Waals surface area (Å²) >= 11 is 0. The van der Waals surface area contributed by atoms with Crippen molar-refractivity contribution in [3.8, 4) is 0 Å². The standard InChI is InChI=1S/C13H19NO2/c15-9-3-5-12-4-1-2-6-13(12)14-7-10-16-11-8-14/h1-2,4,6,15H,3,5,7-11H2. The van der Waals surface area contributed by atoms with Gasteiger partial charge in [0.25, 0.3) is 0 Å². The third kappa shape index (κ3) is 2.74. The first kappa shape index (κ1) is 11.4. The molecule has 2 rings (SSSR count). The maximum atomic E-state index is 8.90. The minimum absolute atomic E-state index is 0.261. The summed E-state index contributed by atoms with van der Waals surface area (Å²) in [5, 5.41) is 8.90. The van der Waals surface area contributed by atoms with E-state index in [2.05, 4.69) is 29.2 Å². The van der Waals surface area contributed by atoms with Crippen molar-refractivity contribution in [1.29, 1.82) is 0 Å². The zero-order chi connectivity index (χ0) is 11.2. The lowest BCUT2D eigenvalue weighted by Crippen LogP contribution is -2.36. The molecule has 0 amide bonds. The van der Waals surface area contributed by atoms with Crippen molar-refractivity contribution in [2.45, 2.75) is 12.8 Å². The molecule has 0 unspecified atom stereocenters. The molecule has 16 heavy (non-hydrogen) atoms. The maximum Gasteiger partial charge on any atom is 0.0642 e. The molecule has 0 bridgehead atoms. The van der Waals surface area contributed by atoms with Crippen LogP contribution in [0.3, 0.4) is 0 Å². The van der Waals surface area contributed by atoms with E-state index in [-0.39, 0.29) is 6.61 Å². The Morgan fingerprint density at radius 1 is 1.19 bits per heavy atom. The zero-order valence-electron chi connectivity index (χ0n) is 9.56. The predicted octanol–water partition coefficient (Wildman–Crippen LogP) is 1.45. The van der Waals surface area contributed by atoms with Crippen molar-refractivity contribution in [3.05, 3.63) is 29.8 Å². The number of ether oxygens (including phenoxy) is 1. The average Bonchev–Trinajstić information content (AvgIpc) is 2.38. The Morgan fingerprint density at radius 2 is 1.94 bits per heavy atom. The van der Waals surface area contributed by atoms with Gasteiger partial charge >= 0.3 is 0 Å². The van der Waals surface area contributed by atoms with Crippen LogP contribution in [-0.2, 0) is 11.2 Å². The molecule has 3 heteroatoms. The summed E-state index contributed by atoms with van der Waals surface area (Å²) in [6, 6.07) is 8.46. The first-order chi connectivity index (χ1) is 7.92. The Balaban J connectivity index is 2.11. The number of morpholine rings is 1. The van der Waals surface area contributed by atoms with Gasteiger partial charge in [-0.3, -0.25) is 0 Å². The van der Waals surface area contributed by atoms with Gasteiger partial charge < -0.3 is 14.7 Å². The van der Waals surface area contributed by atoms with Crippen molar-refractivity contribution >= 4 is 5.69 Å². The Labute approximate surface area is 96.6 Å². The van der Waals surface area contributed by atoms with Gasteiger partial charge in [0.05, 0.1) is 13.2 Å². The van der Waals surface area contributed by atoms with E-state index in [4.69, 9.17) is 9.84 Å². The van der Waals surface area contributed by atoms with Gasteiger partial charge in [-0.05, 0) is 24.5 Å². The lowest BCUT2D eigenvalue weighted by atomic mass is 10.1. The van der Waals surface area contributed by atoms with Crippen LogP contribution in [0.1, 0.15) is 12.0 Å². The summed E-state index contributed by atoms with van der Waals surface area (Å²) in [5.41, 5.74) is 2.64. The predicted molar refractivity (Wildman–Crippen MR) is 64.9 cm³/mol. The minimum atomic E-state index is 0.261. The number of aryl methyl sites for hydroxylation is 1. The van der Waals surface area contributed by atoms with Gasteiger partial charge in [0.1, 0.15) is 0 Å². The van der Waals surface area contributed by atoms with E-state index in [0.29, 0.717) is 0 Å². The van der Waals surface area contributed by atoms with E-state index in [9.17, 15) is 0 Å². The van der Waals surface area contributed by atoms with Gasteiger partial charge in [0, 0.05) is 25.4 Å². The molecule has 1 heterocycles. The van der Waals surface area contributed by atoms with Crippen LogP contribution in [0.4, 0.5) is 5.69 Å². The topological polar surface area (TPSA) is 32.7 Å². The van der Waals surface area contributed by atoms with Crippen LogP contribution in [0.25, 0.3) is 0 Å². The molecule has 88 valence electrons. The number of hydrogen-bond donors (Lipinski definition) is 1. The van der Waals surface area contributed by atoms with Gasteiger partial charge in [0.2, 0.25) is 0 Å². The molecule has 0 radical (unpaired) electrons. The Kier molecular flexibility index (Phi) is 4.19. The molecule has 1 aromatic carbocycles. The first-order valence-corrected chi connectivity index (χ1v) is 5.93. The second-order valence-electron chi connectivity index (χ2n) is 4.06. The minimum Gasteiger partial charge on any atom is -0.396 e. The number of aliphatic hydroxyl groups excluding tert-OH is 1. The fraction of sp³-hybridized carbons (Fsp3) is 0.538. The van der Waals surface area contributed by atoms with Crippen LogP contribution in [0, 0.1) is 0 Å². The molecule has 1 N–H and O–H groups in total. The molecule has 1 aliphatic rings. The van der Waals surface area contributed by atoms with Gasteiger partial charge in [-0.15, -0.1) is 0 Å². The van der Waals surface area contributed by atoms with Crippen LogP contribution in [0.5, 0.6) is 0 Å². The molecule has 0 spiro atoms. The number of benzene rings is 1. The van der Waals surface area contributed by atoms with Gasteiger partial charge in [-0.2, -0.15) is 0 Å². The number of nitrogens with zero attached hydrogens (tertiary/aromatic N) is 1. The highest BCUT2D eigenvalue weighted by molar-refractivity contribution is 5.54. The van der Waals surface area contributed by atoms with Crippen LogP contribution < -0.4 is 4.90 Å². The number of para-hydroxylation sites is 1. The van der Waals surface area contributed by atoms with E-state index in [0.717, 1.165) is 39.1 Å². The van der Waals surface area contributed by atoms with Crippen molar-refractivity contribution in [2.75, 3.05) is 37.8 Å². The van der Waals surface area contributed by atoms with E-state index in [1.165, 1.54) is 11.3 Å². The average molecular weight is 221 g/mol. The summed E-state index contributed by atoms with van der Waals surface area (Å²) in [4.78, 5) is 2.37. The number of hydrogen-bond acceptors (Lipinski definition) is 3. The summed E-state index contributed by atoms with van der Waals surface area (Å²) in [7, 11) is 0. The summed E-state index contributed by atoms with van der Waals surface area (Å²) in [6.07, 6.45) is 1.78. The fourth-order valence-electron chi connectivity index (χ4n) is 2.10. The third-order valence-corrected chi connectivity index (χ3v) is 2.95. The van der Waals surface area contributed by atoms with Crippen LogP contribution in [0.15, 0.2) is 24.3 Å². The molecule has 1 fully saturated rings. The van der Waals surface area contributed by atoms with Gasteiger partial charge in [-0.1, -0.05) is 18.2 Å². The van der Waals surface area contributed by atoms with Crippen LogP contribution >= 0.6 is 0 Å². The lowest BCUT2D eigenvalue weighted by molar-refractivity contribution is 0.122. The third-order valence-electron chi connectivity index (χ3n) is 2.95. The van der Waals surface area contributed by atoms with Crippen molar-refractivity contribution in [3.63, 3.8) is 0 Å². The fourth-order valence-corrected chi connectivity index (χ4v) is 2.10. The second-order valence-corrected chi connectivity index (χ2v) is 4.06. The summed E-state index contributed by atoms with van der Waals surface area (Å²) < 4.78 is 5.36.